The van der Waals surface area contributed by atoms with Crippen LogP contribution in [0.25, 0.3) is 11.2 Å². The Morgan fingerprint density at radius 3 is 2.86 bits per heavy atom. The van der Waals surface area contributed by atoms with Crippen molar-refractivity contribution in [1.82, 2.24) is 9.90 Å². The summed E-state index contributed by atoms with van der Waals surface area (Å²) in [4.78, 5) is 11.4. The molecule has 0 radical (unpaired) electrons. The molecule has 0 atom stereocenters. The van der Waals surface area contributed by atoms with E-state index in [4.69, 9.17) is 9.47 Å². The number of fused-ring (bicyclic) bond motifs is 1. The molecule has 22 heavy (non-hydrogen) atoms. The van der Waals surface area contributed by atoms with Gasteiger partial charge in [0.25, 0.3) is 0 Å². The average molecular weight is 303 g/mol. The molecule has 0 amide bonds. The van der Waals surface area contributed by atoms with Gasteiger partial charge in [-0.05, 0) is 32.2 Å². The Labute approximate surface area is 127 Å². The van der Waals surface area contributed by atoms with E-state index in [1.165, 1.54) is 23.9 Å². The summed E-state index contributed by atoms with van der Waals surface area (Å²) in [5.41, 5.74) is 1.71. The van der Waals surface area contributed by atoms with Gasteiger partial charge < -0.3 is 14.6 Å². The predicted octanol–water partition coefficient (Wildman–Crippen LogP) is 0.182. The standard InChI is InChI=1S/C15H17N3O4/c1-4-22-14(19)9-8-13(15(20)21-3)18-11(2)12-7-5-6-10-17(12)16-18/h5-10H,4H2,1-3H3. The Kier molecular flexibility index (Phi) is 4.77. The van der Waals surface area contributed by atoms with Crippen LogP contribution in [-0.4, -0.2) is 29.6 Å². The second kappa shape index (κ2) is 6.75. The van der Waals surface area contributed by atoms with E-state index < -0.39 is 11.9 Å². The zero-order valence-corrected chi connectivity index (χ0v) is 12.6. The highest BCUT2D eigenvalue weighted by molar-refractivity contribution is 5.84. The molecule has 0 fully saturated rings. The van der Waals surface area contributed by atoms with E-state index in [1.54, 1.807) is 17.6 Å². The maximum Gasteiger partial charge on any atom is 0.330 e. The molecular weight excluding hydrogens is 286 g/mol. The molecule has 0 aliphatic carbocycles. The first-order valence-corrected chi connectivity index (χ1v) is 6.75. The first-order valence-electron chi connectivity index (χ1n) is 6.75. The van der Waals surface area contributed by atoms with Crippen molar-refractivity contribution in [3.05, 3.63) is 48.2 Å². The van der Waals surface area contributed by atoms with Crippen LogP contribution in [0.2, 0.25) is 0 Å². The maximum atomic E-state index is 12.0. The summed E-state index contributed by atoms with van der Waals surface area (Å²) in [6.07, 6.45) is 4.28. The van der Waals surface area contributed by atoms with Crippen molar-refractivity contribution < 1.29 is 23.9 Å². The second-order valence-corrected chi connectivity index (χ2v) is 4.38. The van der Waals surface area contributed by atoms with Gasteiger partial charge in [-0.3, -0.25) is 0 Å². The second-order valence-electron chi connectivity index (χ2n) is 4.38. The van der Waals surface area contributed by atoms with Gasteiger partial charge in [-0.25, -0.2) is 4.79 Å². The van der Waals surface area contributed by atoms with E-state index in [-0.39, 0.29) is 12.3 Å². The molecule has 2 aromatic heterocycles. The van der Waals surface area contributed by atoms with E-state index in [0.29, 0.717) is 0 Å². The van der Waals surface area contributed by atoms with Gasteiger partial charge in [-0.15, -0.1) is 4.52 Å². The van der Waals surface area contributed by atoms with E-state index in [1.807, 2.05) is 25.1 Å². The third-order valence-electron chi connectivity index (χ3n) is 3.00. The molecule has 7 nitrogen and oxygen atoms in total. The number of allylic oxidation sites excluding steroid dienone is 2. The fourth-order valence-electron chi connectivity index (χ4n) is 1.97. The molecule has 0 aliphatic rings. The first kappa shape index (κ1) is 15.6. The molecule has 0 saturated carbocycles. The fourth-order valence-corrected chi connectivity index (χ4v) is 1.97. The largest absolute Gasteiger partial charge is 0.614 e. The lowest BCUT2D eigenvalue weighted by atomic mass is 10.3. The van der Waals surface area contributed by atoms with Gasteiger partial charge in [-0.2, -0.15) is 0 Å². The maximum absolute atomic E-state index is 12.0. The number of esters is 1. The quantitative estimate of drug-likeness (QED) is 0.259. The van der Waals surface area contributed by atoms with E-state index in [2.05, 4.69) is 5.21 Å². The van der Waals surface area contributed by atoms with Gasteiger partial charge in [0.1, 0.15) is 17.4 Å². The number of rotatable bonds is 5. The SMILES string of the molecule is CCOC(=O)/C=C/C(=C(/[O-])OC)n1n[n+]2ccccc2c1C. The molecule has 116 valence electrons. The lowest BCUT2D eigenvalue weighted by molar-refractivity contribution is -0.583. The smallest absolute Gasteiger partial charge is 0.330 e. The van der Waals surface area contributed by atoms with Crippen molar-refractivity contribution >= 4 is 17.2 Å². The highest BCUT2D eigenvalue weighted by atomic mass is 16.6. The topological polar surface area (TPSA) is 80.5 Å². The molecule has 2 aromatic rings. The van der Waals surface area contributed by atoms with Gasteiger partial charge in [0.15, 0.2) is 16.9 Å². The number of methoxy groups -OCH3 is 1. The number of ether oxygens (including phenoxy) is 2. The summed E-state index contributed by atoms with van der Waals surface area (Å²) in [5.74, 6) is -1.14. The summed E-state index contributed by atoms with van der Waals surface area (Å²) in [6.45, 7) is 3.79. The number of hydrogen-bond donors (Lipinski definition) is 0. The van der Waals surface area contributed by atoms with Gasteiger partial charge >= 0.3 is 5.97 Å². The summed E-state index contributed by atoms with van der Waals surface area (Å²) in [7, 11) is 1.27. The number of hydrogen-bond acceptors (Lipinski definition) is 5. The first-order chi connectivity index (χ1) is 10.6. The third-order valence-corrected chi connectivity index (χ3v) is 3.00. The van der Waals surface area contributed by atoms with E-state index in [0.717, 1.165) is 11.2 Å². The predicted molar refractivity (Wildman–Crippen MR) is 76.1 cm³/mol. The lowest BCUT2D eigenvalue weighted by Gasteiger charge is -2.10. The molecule has 0 unspecified atom stereocenters. The van der Waals surface area contributed by atoms with Crippen LogP contribution in [0.1, 0.15) is 12.6 Å². The Bertz CT molecular complexity index is 746. The van der Waals surface area contributed by atoms with Crippen LogP contribution in [0.5, 0.6) is 0 Å². The Balaban J connectivity index is 2.50. The molecule has 0 bridgehead atoms. The number of carbonyl (C=O) groups is 1. The van der Waals surface area contributed by atoms with Crippen LogP contribution < -0.4 is 9.62 Å². The Morgan fingerprint density at radius 1 is 1.45 bits per heavy atom. The number of carbonyl (C=O) groups excluding carboxylic acids is 1. The van der Waals surface area contributed by atoms with Crippen molar-refractivity contribution in [2.24, 2.45) is 0 Å². The number of aryl methyl sites for hydroxylation is 1. The molecule has 0 aromatic carbocycles. The zero-order valence-electron chi connectivity index (χ0n) is 12.6. The van der Waals surface area contributed by atoms with Crippen LogP contribution in [-0.2, 0) is 14.3 Å². The van der Waals surface area contributed by atoms with Crippen molar-refractivity contribution in [3.63, 3.8) is 0 Å². The average Bonchev–Trinajstić information content (AvgIpc) is 2.85. The normalized spacial score (nSPS) is 12.5. The highest BCUT2D eigenvalue weighted by Gasteiger charge is 2.19. The number of nitrogens with zero attached hydrogens (tertiary/aromatic N) is 3. The van der Waals surface area contributed by atoms with Crippen molar-refractivity contribution in [1.29, 1.82) is 0 Å². The van der Waals surface area contributed by atoms with Crippen molar-refractivity contribution in [3.8, 4) is 0 Å². The van der Waals surface area contributed by atoms with Gasteiger partial charge in [0.2, 0.25) is 0 Å². The fraction of sp³-hybridized carbons (Fsp3) is 0.267. The summed E-state index contributed by atoms with van der Waals surface area (Å²) in [6, 6.07) is 5.58. The van der Waals surface area contributed by atoms with Crippen molar-refractivity contribution in [2.45, 2.75) is 13.8 Å². The molecular formula is C15H17N3O4. The minimum absolute atomic E-state index is 0.122. The van der Waals surface area contributed by atoms with Gasteiger partial charge in [0.05, 0.1) is 6.61 Å². The molecule has 0 spiro atoms. The van der Waals surface area contributed by atoms with E-state index in [9.17, 15) is 9.90 Å². The van der Waals surface area contributed by atoms with Crippen molar-refractivity contribution in [2.75, 3.05) is 13.7 Å². The molecule has 2 heterocycles. The summed E-state index contributed by atoms with van der Waals surface area (Å²) >= 11 is 0. The van der Waals surface area contributed by atoms with Crippen LogP contribution in [0.15, 0.2) is 42.5 Å². The molecule has 2 rings (SSSR count). The number of pyridine rings is 1. The Morgan fingerprint density at radius 2 is 2.23 bits per heavy atom. The van der Waals surface area contributed by atoms with Crippen LogP contribution in [0.3, 0.4) is 0 Å². The highest BCUT2D eigenvalue weighted by Crippen LogP contribution is 2.14. The summed E-state index contributed by atoms with van der Waals surface area (Å²) < 4.78 is 12.6. The molecule has 0 aliphatic heterocycles. The van der Waals surface area contributed by atoms with Crippen LogP contribution in [0.4, 0.5) is 0 Å². The number of aromatic nitrogens is 3. The minimum Gasteiger partial charge on any atom is -0.614 e. The zero-order chi connectivity index (χ0) is 16.1. The lowest BCUT2D eigenvalue weighted by Crippen LogP contribution is -2.24. The van der Waals surface area contributed by atoms with E-state index >= 15 is 0 Å². The molecule has 0 N–H and O–H groups in total. The molecule has 0 saturated heterocycles. The Hall–Kier alpha value is -2.83. The monoisotopic (exact) mass is 303 g/mol. The van der Waals surface area contributed by atoms with Gasteiger partial charge in [0, 0.05) is 13.0 Å². The van der Waals surface area contributed by atoms with Crippen LogP contribution in [0, 0.1) is 6.92 Å². The minimum atomic E-state index is -0.600. The molecule has 7 heteroatoms. The van der Waals surface area contributed by atoms with Gasteiger partial charge in [-0.1, -0.05) is 10.7 Å². The van der Waals surface area contributed by atoms with Crippen LogP contribution >= 0.6 is 0 Å². The summed E-state index contributed by atoms with van der Waals surface area (Å²) in [5, 5.41) is 16.3. The third kappa shape index (κ3) is 3.08.